The lowest BCUT2D eigenvalue weighted by atomic mass is 10.2. The number of nitrogens with zero attached hydrogens (tertiary/aromatic N) is 2. The van der Waals surface area contributed by atoms with Crippen LogP contribution in [0.1, 0.15) is 19.4 Å². The molecule has 0 heterocycles. The summed E-state index contributed by atoms with van der Waals surface area (Å²) in [5, 5.41) is 17.8. The molecular formula is C12H16N2O. The number of aliphatic hydroxyl groups excluding tert-OH is 1. The second-order valence-electron chi connectivity index (χ2n) is 3.67. The average Bonchev–Trinajstić information content (AvgIpc) is 2.25. The van der Waals surface area contributed by atoms with Crippen LogP contribution in [0.5, 0.6) is 0 Å². The summed E-state index contributed by atoms with van der Waals surface area (Å²) in [6.07, 6.45) is 0. The first-order chi connectivity index (χ1) is 7.19. The molecule has 0 fully saturated rings. The van der Waals surface area contributed by atoms with Crippen LogP contribution < -0.4 is 4.90 Å². The van der Waals surface area contributed by atoms with E-state index in [0.717, 1.165) is 5.69 Å². The fourth-order valence-electron chi connectivity index (χ4n) is 1.55. The zero-order valence-electron chi connectivity index (χ0n) is 9.14. The van der Waals surface area contributed by atoms with Crippen LogP contribution >= 0.6 is 0 Å². The van der Waals surface area contributed by atoms with Gasteiger partial charge in [-0.3, -0.25) is 0 Å². The fraction of sp³-hybridized carbons (Fsp3) is 0.417. The minimum Gasteiger partial charge on any atom is -0.395 e. The number of rotatable bonds is 4. The number of benzene rings is 1. The maximum Gasteiger partial charge on any atom is 0.0992 e. The van der Waals surface area contributed by atoms with E-state index in [4.69, 9.17) is 10.4 Å². The van der Waals surface area contributed by atoms with Crippen molar-refractivity contribution >= 4 is 5.69 Å². The third kappa shape index (κ3) is 2.97. The van der Waals surface area contributed by atoms with E-state index in [2.05, 4.69) is 24.8 Å². The van der Waals surface area contributed by atoms with Gasteiger partial charge in [0.15, 0.2) is 0 Å². The van der Waals surface area contributed by atoms with Crippen molar-refractivity contribution in [2.45, 2.75) is 19.9 Å². The highest BCUT2D eigenvalue weighted by Crippen LogP contribution is 2.17. The SMILES string of the molecule is CC(C)N(CCO)c1cccc(C#N)c1. The highest BCUT2D eigenvalue weighted by atomic mass is 16.3. The molecule has 0 radical (unpaired) electrons. The maximum absolute atomic E-state index is 8.97. The van der Waals surface area contributed by atoms with E-state index in [1.54, 1.807) is 6.07 Å². The smallest absolute Gasteiger partial charge is 0.0992 e. The van der Waals surface area contributed by atoms with Crippen LogP contribution in [0.4, 0.5) is 5.69 Å². The fourth-order valence-corrected chi connectivity index (χ4v) is 1.55. The predicted molar refractivity (Wildman–Crippen MR) is 60.7 cm³/mol. The summed E-state index contributed by atoms with van der Waals surface area (Å²) in [5.41, 5.74) is 1.63. The van der Waals surface area contributed by atoms with E-state index >= 15 is 0 Å². The quantitative estimate of drug-likeness (QED) is 0.813. The minimum atomic E-state index is 0.120. The molecule has 0 saturated carbocycles. The molecule has 3 nitrogen and oxygen atoms in total. The molecule has 3 heteroatoms. The summed E-state index contributed by atoms with van der Waals surface area (Å²) in [7, 11) is 0. The molecule has 0 unspecified atom stereocenters. The van der Waals surface area contributed by atoms with Gasteiger partial charge in [-0.1, -0.05) is 6.07 Å². The Morgan fingerprint density at radius 3 is 2.73 bits per heavy atom. The van der Waals surface area contributed by atoms with Gasteiger partial charge < -0.3 is 10.0 Å². The Labute approximate surface area is 90.6 Å². The number of hydrogen-bond acceptors (Lipinski definition) is 3. The molecule has 1 aromatic rings. The minimum absolute atomic E-state index is 0.120. The maximum atomic E-state index is 8.97. The molecule has 0 saturated heterocycles. The third-order valence-electron chi connectivity index (χ3n) is 2.27. The van der Waals surface area contributed by atoms with Crippen molar-refractivity contribution in [2.24, 2.45) is 0 Å². The molecule has 0 aromatic heterocycles. The van der Waals surface area contributed by atoms with Crippen molar-refractivity contribution in [1.82, 2.24) is 0 Å². The zero-order chi connectivity index (χ0) is 11.3. The summed E-state index contributed by atoms with van der Waals surface area (Å²) in [4.78, 5) is 2.07. The Bertz CT molecular complexity index is 355. The molecule has 1 N–H and O–H groups in total. The van der Waals surface area contributed by atoms with E-state index in [1.165, 1.54) is 0 Å². The monoisotopic (exact) mass is 204 g/mol. The Kier molecular flexibility index (Phi) is 4.14. The van der Waals surface area contributed by atoms with Crippen molar-refractivity contribution in [3.8, 4) is 6.07 Å². The van der Waals surface area contributed by atoms with Crippen molar-refractivity contribution in [3.63, 3.8) is 0 Å². The number of aliphatic hydroxyl groups is 1. The summed E-state index contributed by atoms with van der Waals surface area (Å²) in [5.74, 6) is 0. The Hall–Kier alpha value is -1.53. The molecule has 0 aliphatic rings. The number of nitriles is 1. The van der Waals surface area contributed by atoms with E-state index in [0.29, 0.717) is 18.2 Å². The standard InChI is InChI=1S/C12H16N2O/c1-10(2)14(6-7-15)12-5-3-4-11(8-12)9-13/h3-5,8,10,15H,6-7H2,1-2H3. The van der Waals surface area contributed by atoms with Crippen molar-refractivity contribution in [3.05, 3.63) is 29.8 Å². The van der Waals surface area contributed by atoms with Gasteiger partial charge in [0.05, 0.1) is 18.2 Å². The van der Waals surface area contributed by atoms with Gasteiger partial charge in [0.1, 0.15) is 0 Å². The highest BCUT2D eigenvalue weighted by Gasteiger charge is 2.09. The Balaban J connectivity index is 2.96. The highest BCUT2D eigenvalue weighted by molar-refractivity contribution is 5.52. The van der Waals surface area contributed by atoms with E-state index in [9.17, 15) is 0 Å². The molecule has 0 aliphatic carbocycles. The Morgan fingerprint density at radius 1 is 1.47 bits per heavy atom. The molecule has 1 rings (SSSR count). The van der Waals surface area contributed by atoms with Gasteiger partial charge in [-0.2, -0.15) is 5.26 Å². The summed E-state index contributed by atoms with van der Waals surface area (Å²) < 4.78 is 0. The molecule has 0 spiro atoms. The first-order valence-electron chi connectivity index (χ1n) is 5.06. The second kappa shape index (κ2) is 5.38. The molecule has 0 amide bonds. The van der Waals surface area contributed by atoms with Gasteiger partial charge in [-0.25, -0.2) is 0 Å². The van der Waals surface area contributed by atoms with Crippen LogP contribution in [0.15, 0.2) is 24.3 Å². The predicted octanol–water partition coefficient (Wildman–Crippen LogP) is 1.77. The van der Waals surface area contributed by atoms with Gasteiger partial charge in [-0.05, 0) is 32.0 Å². The molecule has 0 aliphatic heterocycles. The van der Waals surface area contributed by atoms with Crippen LogP contribution in [0.25, 0.3) is 0 Å². The molecule has 0 bridgehead atoms. The lowest BCUT2D eigenvalue weighted by Gasteiger charge is -2.28. The van der Waals surface area contributed by atoms with E-state index in [-0.39, 0.29) is 6.61 Å². The first kappa shape index (κ1) is 11.5. The number of hydrogen-bond donors (Lipinski definition) is 1. The normalized spacial score (nSPS) is 10.1. The van der Waals surface area contributed by atoms with Crippen LogP contribution in [-0.4, -0.2) is 24.3 Å². The van der Waals surface area contributed by atoms with Gasteiger partial charge in [0.25, 0.3) is 0 Å². The number of anilines is 1. The van der Waals surface area contributed by atoms with Gasteiger partial charge in [0.2, 0.25) is 0 Å². The van der Waals surface area contributed by atoms with Crippen molar-refractivity contribution < 1.29 is 5.11 Å². The van der Waals surface area contributed by atoms with Crippen molar-refractivity contribution in [1.29, 1.82) is 5.26 Å². The lowest BCUT2D eigenvalue weighted by Crippen LogP contribution is -2.33. The summed E-state index contributed by atoms with van der Waals surface area (Å²) >= 11 is 0. The average molecular weight is 204 g/mol. The molecule has 1 aromatic carbocycles. The second-order valence-corrected chi connectivity index (χ2v) is 3.67. The lowest BCUT2D eigenvalue weighted by molar-refractivity contribution is 0.299. The molecule has 80 valence electrons. The van der Waals surface area contributed by atoms with Gasteiger partial charge in [0, 0.05) is 18.3 Å². The molecular weight excluding hydrogens is 188 g/mol. The van der Waals surface area contributed by atoms with Crippen molar-refractivity contribution in [2.75, 3.05) is 18.1 Å². The van der Waals surface area contributed by atoms with Crippen LogP contribution in [0.2, 0.25) is 0 Å². The van der Waals surface area contributed by atoms with E-state index in [1.807, 2.05) is 18.2 Å². The van der Waals surface area contributed by atoms with Crippen LogP contribution in [0.3, 0.4) is 0 Å². The van der Waals surface area contributed by atoms with Crippen LogP contribution in [0, 0.1) is 11.3 Å². The van der Waals surface area contributed by atoms with Crippen LogP contribution in [-0.2, 0) is 0 Å². The van der Waals surface area contributed by atoms with E-state index < -0.39 is 0 Å². The molecule has 15 heavy (non-hydrogen) atoms. The van der Waals surface area contributed by atoms with Gasteiger partial charge >= 0.3 is 0 Å². The largest absolute Gasteiger partial charge is 0.395 e. The summed E-state index contributed by atoms with van der Waals surface area (Å²) in [6.45, 7) is 4.84. The topological polar surface area (TPSA) is 47.3 Å². The molecule has 0 atom stereocenters. The Morgan fingerprint density at radius 2 is 2.20 bits per heavy atom. The summed E-state index contributed by atoms with van der Waals surface area (Å²) in [6, 6.07) is 9.86. The van der Waals surface area contributed by atoms with Gasteiger partial charge in [-0.15, -0.1) is 0 Å². The first-order valence-corrected chi connectivity index (χ1v) is 5.06. The third-order valence-corrected chi connectivity index (χ3v) is 2.27. The zero-order valence-corrected chi connectivity index (χ0v) is 9.14.